The van der Waals surface area contributed by atoms with Crippen LogP contribution in [0.25, 0.3) is 0 Å². The van der Waals surface area contributed by atoms with Crippen LogP contribution >= 0.6 is 15.9 Å². The lowest BCUT2D eigenvalue weighted by atomic mass is 9.89. The molecule has 2 heteroatoms. The summed E-state index contributed by atoms with van der Waals surface area (Å²) in [7, 11) is 0. The maximum atomic E-state index is 10.9. The number of hydrogen-bond donors (Lipinski definition) is 1. The van der Waals surface area contributed by atoms with Gasteiger partial charge in [0.15, 0.2) is 5.60 Å². The second kappa shape index (κ2) is 7.26. The fourth-order valence-corrected chi connectivity index (χ4v) is 2.28. The molecule has 0 aliphatic rings. The van der Waals surface area contributed by atoms with Gasteiger partial charge in [-0.05, 0) is 42.7 Å². The molecular weight excluding hydrogens is 324 g/mol. The average molecular weight is 341 g/mol. The molecule has 21 heavy (non-hydrogen) atoms. The van der Waals surface area contributed by atoms with Crippen LogP contribution < -0.4 is 0 Å². The average Bonchev–Trinajstić information content (AvgIpc) is 2.52. The van der Waals surface area contributed by atoms with Crippen molar-refractivity contribution in [3.05, 3.63) is 82.9 Å². The van der Waals surface area contributed by atoms with Crippen molar-refractivity contribution in [3.63, 3.8) is 0 Å². The number of allylic oxidation sites excluding steroid dienone is 1. The summed E-state index contributed by atoms with van der Waals surface area (Å²) in [5.74, 6) is 6.09. The van der Waals surface area contributed by atoms with E-state index in [4.69, 9.17) is 0 Å². The maximum absolute atomic E-state index is 10.9. The summed E-state index contributed by atoms with van der Waals surface area (Å²) in [6.07, 6.45) is 3.03. The highest BCUT2D eigenvalue weighted by Gasteiger charge is 2.25. The van der Waals surface area contributed by atoms with Gasteiger partial charge in [0.05, 0.1) is 0 Å². The Balaban J connectivity index is 2.35. The van der Waals surface area contributed by atoms with Crippen LogP contribution in [0.15, 0.2) is 71.7 Å². The number of rotatable bonds is 4. The molecule has 1 N–H and O–H groups in total. The summed E-state index contributed by atoms with van der Waals surface area (Å²) >= 11 is 3.41. The molecule has 2 aromatic rings. The van der Waals surface area contributed by atoms with Crippen molar-refractivity contribution in [2.75, 3.05) is 0 Å². The molecule has 0 aliphatic carbocycles. The van der Waals surface area contributed by atoms with E-state index in [1.54, 1.807) is 6.08 Å². The van der Waals surface area contributed by atoms with Gasteiger partial charge in [-0.15, -0.1) is 6.58 Å². The predicted octanol–water partition coefficient (Wildman–Crippen LogP) is 4.65. The van der Waals surface area contributed by atoms with Gasteiger partial charge in [0, 0.05) is 10.0 Å². The Morgan fingerprint density at radius 2 is 1.76 bits per heavy atom. The second-order valence-corrected chi connectivity index (χ2v) is 5.73. The van der Waals surface area contributed by atoms with E-state index in [2.05, 4.69) is 34.3 Å². The first kappa shape index (κ1) is 15.6. The molecule has 0 saturated heterocycles. The molecule has 0 spiro atoms. The summed E-state index contributed by atoms with van der Waals surface area (Å²) in [5, 5.41) is 10.9. The van der Waals surface area contributed by atoms with Gasteiger partial charge in [-0.3, -0.25) is 0 Å². The van der Waals surface area contributed by atoms with Crippen LogP contribution in [-0.2, 0) is 5.60 Å². The van der Waals surface area contributed by atoms with Crippen LogP contribution in [0.5, 0.6) is 0 Å². The molecule has 0 bridgehead atoms. The Bertz CT molecular complexity index is 649. The first-order valence-electron chi connectivity index (χ1n) is 6.81. The monoisotopic (exact) mass is 340 g/mol. The van der Waals surface area contributed by atoms with Gasteiger partial charge in [-0.25, -0.2) is 0 Å². The lowest BCUT2D eigenvalue weighted by Crippen LogP contribution is -2.23. The Morgan fingerprint density at radius 1 is 1.10 bits per heavy atom. The standard InChI is InChI=1S/C19H17BrO/c1-2-3-14-19(21,17-9-11-18(20)12-10-17)15-13-16-7-5-4-6-8-16/h2,4-12,21H,1,3,14H2. The highest BCUT2D eigenvalue weighted by Crippen LogP contribution is 2.27. The molecule has 2 aromatic carbocycles. The van der Waals surface area contributed by atoms with Crippen LogP contribution in [0.4, 0.5) is 0 Å². The Kier molecular flexibility index (Phi) is 5.38. The third-order valence-electron chi connectivity index (χ3n) is 3.22. The van der Waals surface area contributed by atoms with Crippen molar-refractivity contribution in [3.8, 4) is 11.8 Å². The van der Waals surface area contributed by atoms with Crippen LogP contribution in [0.2, 0.25) is 0 Å². The highest BCUT2D eigenvalue weighted by atomic mass is 79.9. The minimum absolute atomic E-state index is 0.526. The van der Waals surface area contributed by atoms with Crippen molar-refractivity contribution in [1.82, 2.24) is 0 Å². The zero-order valence-electron chi connectivity index (χ0n) is 11.7. The molecule has 0 amide bonds. The summed E-state index contributed by atoms with van der Waals surface area (Å²) < 4.78 is 0.980. The van der Waals surface area contributed by atoms with Gasteiger partial charge < -0.3 is 5.11 Å². The van der Waals surface area contributed by atoms with Crippen molar-refractivity contribution >= 4 is 15.9 Å². The number of halogens is 1. The van der Waals surface area contributed by atoms with Gasteiger partial charge in [0.2, 0.25) is 0 Å². The molecule has 1 unspecified atom stereocenters. The summed E-state index contributed by atoms with van der Waals surface area (Å²) in [4.78, 5) is 0. The third-order valence-corrected chi connectivity index (χ3v) is 3.75. The van der Waals surface area contributed by atoms with Crippen molar-refractivity contribution in [2.45, 2.75) is 18.4 Å². The second-order valence-electron chi connectivity index (χ2n) is 4.81. The molecule has 2 rings (SSSR count). The number of aliphatic hydroxyl groups is 1. The van der Waals surface area contributed by atoms with Gasteiger partial charge in [0.25, 0.3) is 0 Å². The van der Waals surface area contributed by atoms with E-state index < -0.39 is 5.60 Å². The van der Waals surface area contributed by atoms with E-state index in [9.17, 15) is 5.11 Å². The van der Waals surface area contributed by atoms with Gasteiger partial charge in [0.1, 0.15) is 0 Å². The zero-order valence-corrected chi connectivity index (χ0v) is 13.3. The Morgan fingerprint density at radius 3 is 2.38 bits per heavy atom. The lowest BCUT2D eigenvalue weighted by molar-refractivity contribution is 0.0914. The van der Waals surface area contributed by atoms with Gasteiger partial charge in [-0.2, -0.15) is 0 Å². The maximum Gasteiger partial charge on any atom is 0.151 e. The van der Waals surface area contributed by atoms with E-state index in [1.807, 2.05) is 54.6 Å². The first-order valence-corrected chi connectivity index (χ1v) is 7.61. The van der Waals surface area contributed by atoms with E-state index in [-0.39, 0.29) is 0 Å². The minimum Gasteiger partial charge on any atom is -0.373 e. The van der Waals surface area contributed by atoms with Crippen LogP contribution in [0.3, 0.4) is 0 Å². The highest BCUT2D eigenvalue weighted by molar-refractivity contribution is 9.10. The molecule has 106 valence electrons. The van der Waals surface area contributed by atoms with Crippen molar-refractivity contribution in [1.29, 1.82) is 0 Å². The molecule has 1 nitrogen and oxygen atoms in total. The molecule has 0 aromatic heterocycles. The molecule has 0 fully saturated rings. The van der Waals surface area contributed by atoms with Gasteiger partial charge >= 0.3 is 0 Å². The fraction of sp³-hybridized carbons (Fsp3) is 0.158. The van der Waals surface area contributed by atoms with Crippen LogP contribution in [0, 0.1) is 11.8 Å². The zero-order chi connectivity index (χ0) is 15.1. The minimum atomic E-state index is -1.16. The smallest absolute Gasteiger partial charge is 0.151 e. The van der Waals surface area contributed by atoms with Crippen molar-refractivity contribution < 1.29 is 5.11 Å². The lowest BCUT2D eigenvalue weighted by Gasteiger charge is -2.22. The van der Waals surface area contributed by atoms with E-state index in [0.717, 1.165) is 15.6 Å². The largest absolute Gasteiger partial charge is 0.373 e. The summed E-state index contributed by atoms with van der Waals surface area (Å²) in [6, 6.07) is 17.3. The summed E-state index contributed by atoms with van der Waals surface area (Å²) in [5.41, 5.74) is 0.535. The SMILES string of the molecule is C=CCCC(O)(C#Cc1ccccc1)c1ccc(Br)cc1. The Hall–Kier alpha value is -1.82. The van der Waals surface area contributed by atoms with Crippen molar-refractivity contribution in [2.24, 2.45) is 0 Å². The molecule has 1 atom stereocenters. The first-order chi connectivity index (χ1) is 10.1. The predicted molar refractivity (Wildman–Crippen MR) is 90.8 cm³/mol. The number of hydrogen-bond acceptors (Lipinski definition) is 1. The van der Waals surface area contributed by atoms with E-state index >= 15 is 0 Å². The van der Waals surface area contributed by atoms with Crippen LogP contribution in [0.1, 0.15) is 24.0 Å². The normalized spacial score (nSPS) is 12.9. The topological polar surface area (TPSA) is 20.2 Å². The fourth-order valence-electron chi connectivity index (χ4n) is 2.01. The molecule has 0 heterocycles. The molecular formula is C19H17BrO. The van der Waals surface area contributed by atoms with E-state index in [0.29, 0.717) is 12.8 Å². The van der Waals surface area contributed by atoms with Crippen LogP contribution in [-0.4, -0.2) is 5.11 Å². The Labute approximate surface area is 134 Å². The quantitative estimate of drug-likeness (QED) is 0.634. The molecule has 0 saturated carbocycles. The molecule has 0 aliphatic heterocycles. The van der Waals surface area contributed by atoms with E-state index in [1.165, 1.54) is 0 Å². The molecule has 0 radical (unpaired) electrons. The number of benzene rings is 2. The summed E-state index contributed by atoms with van der Waals surface area (Å²) in [6.45, 7) is 3.72. The van der Waals surface area contributed by atoms with Gasteiger partial charge in [-0.1, -0.05) is 64.2 Å². The third kappa shape index (κ3) is 4.32.